The maximum absolute atomic E-state index is 13.9. The van der Waals surface area contributed by atoms with Gasteiger partial charge in [-0.1, -0.05) is 37.6 Å². The molecule has 1 aliphatic heterocycles. The van der Waals surface area contributed by atoms with Crippen molar-refractivity contribution >= 4 is 28.4 Å². The summed E-state index contributed by atoms with van der Waals surface area (Å²) in [6.07, 6.45) is 2.13. The van der Waals surface area contributed by atoms with Crippen LogP contribution in [-0.4, -0.2) is 51.4 Å². The van der Waals surface area contributed by atoms with Gasteiger partial charge in [0.1, 0.15) is 11.6 Å². The second-order valence-corrected chi connectivity index (χ2v) is 8.72. The molecule has 1 fully saturated rings. The zero-order valence-corrected chi connectivity index (χ0v) is 19.7. The third-order valence-corrected chi connectivity index (χ3v) is 6.51. The van der Waals surface area contributed by atoms with Gasteiger partial charge in [-0.15, -0.1) is 0 Å². The lowest BCUT2D eigenvalue weighted by Crippen LogP contribution is -2.50. The molecule has 33 heavy (non-hydrogen) atoms. The summed E-state index contributed by atoms with van der Waals surface area (Å²) in [5.41, 5.74) is 0.889. The first-order valence-electron chi connectivity index (χ1n) is 11.4. The highest BCUT2D eigenvalue weighted by atomic mass is 35.5. The van der Waals surface area contributed by atoms with E-state index in [-0.39, 0.29) is 22.5 Å². The van der Waals surface area contributed by atoms with Crippen molar-refractivity contribution in [2.24, 2.45) is 0 Å². The van der Waals surface area contributed by atoms with E-state index in [1.165, 1.54) is 12.1 Å². The van der Waals surface area contributed by atoms with Gasteiger partial charge in [0.15, 0.2) is 0 Å². The number of benzene rings is 2. The number of para-hydroxylation sites is 1. The van der Waals surface area contributed by atoms with Crippen molar-refractivity contribution in [3.8, 4) is 5.69 Å². The summed E-state index contributed by atoms with van der Waals surface area (Å²) in [5, 5.41) is 0.446. The molecule has 6 nitrogen and oxygen atoms in total. The zero-order valence-electron chi connectivity index (χ0n) is 18.9. The first-order valence-corrected chi connectivity index (χ1v) is 11.8. The van der Waals surface area contributed by atoms with Crippen LogP contribution in [0.25, 0.3) is 16.6 Å². The van der Waals surface area contributed by atoms with Crippen molar-refractivity contribution < 1.29 is 9.18 Å². The predicted molar refractivity (Wildman–Crippen MR) is 128 cm³/mol. The van der Waals surface area contributed by atoms with Crippen molar-refractivity contribution in [3.05, 3.63) is 69.5 Å². The number of piperazine rings is 1. The predicted octanol–water partition coefficient (Wildman–Crippen LogP) is 4.57. The highest BCUT2D eigenvalue weighted by molar-refractivity contribution is 6.30. The summed E-state index contributed by atoms with van der Waals surface area (Å²) >= 11 is 6.06. The van der Waals surface area contributed by atoms with Crippen LogP contribution in [0.3, 0.4) is 0 Å². The maximum Gasteiger partial charge on any atom is 0.266 e. The standard InChI is InChI=1S/C25H28ClFN4O2/c1-3-7-23(32)30-14-12-29(13-15-30)22(4-2)24-28-21-9-6-5-8-18(21)25(33)31(24)17-10-11-20(27)19(26)16-17/h5-6,8-11,16,22H,3-4,7,12-15H2,1-2H3. The normalized spacial score (nSPS) is 15.7. The summed E-state index contributed by atoms with van der Waals surface area (Å²) in [5.74, 6) is 0.243. The molecule has 0 radical (unpaired) electrons. The lowest BCUT2D eigenvalue weighted by Gasteiger charge is -2.39. The van der Waals surface area contributed by atoms with E-state index in [4.69, 9.17) is 16.6 Å². The minimum atomic E-state index is -0.538. The van der Waals surface area contributed by atoms with Gasteiger partial charge < -0.3 is 4.90 Å². The largest absolute Gasteiger partial charge is 0.340 e. The maximum atomic E-state index is 13.9. The molecular formula is C25H28ClFN4O2. The van der Waals surface area contributed by atoms with Gasteiger partial charge in [0, 0.05) is 32.6 Å². The molecular weight excluding hydrogens is 443 g/mol. The van der Waals surface area contributed by atoms with Gasteiger partial charge in [-0.2, -0.15) is 0 Å². The summed E-state index contributed by atoms with van der Waals surface area (Å²) < 4.78 is 15.4. The molecule has 4 rings (SSSR count). The molecule has 1 unspecified atom stereocenters. The highest BCUT2D eigenvalue weighted by Crippen LogP contribution is 2.28. The van der Waals surface area contributed by atoms with E-state index >= 15 is 0 Å². The van der Waals surface area contributed by atoms with E-state index in [9.17, 15) is 14.0 Å². The molecule has 1 atom stereocenters. The quantitative estimate of drug-likeness (QED) is 0.529. The molecule has 0 aliphatic carbocycles. The van der Waals surface area contributed by atoms with Crippen LogP contribution in [0.2, 0.25) is 5.02 Å². The van der Waals surface area contributed by atoms with Crippen LogP contribution < -0.4 is 5.56 Å². The van der Waals surface area contributed by atoms with Gasteiger partial charge in [0.25, 0.3) is 5.56 Å². The number of hydrogen-bond acceptors (Lipinski definition) is 4. The highest BCUT2D eigenvalue weighted by Gasteiger charge is 2.29. The second-order valence-electron chi connectivity index (χ2n) is 8.32. The topological polar surface area (TPSA) is 58.4 Å². The van der Waals surface area contributed by atoms with Crippen molar-refractivity contribution in [1.82, 2.24) is 19.4 Å². The van der Waals surface area contributed by atoms with E-state index < -0.39 is 5.82 Å². The third-order valence-electron chi connectivity index (χ3n) is 6.22. The van der Waals surface area contributed by atoms with Crippen molar-refractivity contribution in [3.63, 3.8) is 0 Å². The van der Waals surface area contributed by atoms with E-state index in [2.05, 4.69) is 11.8 Å². The van der Waals surface area contributed by atoms with Crippen LogP contribution in [0.15, 0.2) is 47.3 Å². The van der Waals surface area contributed by atoms with E-state index in [1.54, 1.807) is 22.8 Å². The zero-order chi connectivity index (χ0) is 23.5. The Hall–Kier alpha value is -2.77. The fraction of sp³-hybridized carbons (Fsp3) is 0.400. The van der Waals surface area contributed by atoms with Crippen molar-refractivity contribution in [1.29, 1.82) is 0 Å². The molecule has 2 aromatic carbocycles. The Kier molecular flexibility index (Phi) is 7.10. The molecule has 8 heteroatoms. The van der Waals surface area contributed by atoms with Gasteiger partial charge in [-0.25, -0.2) is 9.37 Å². The summed E-state index contributed by atoms with van der Waals surface area (Å²) in [7, 11) is 0. The number of fused-ring (bicyclic) bond motifs is 1. The number of rotatable bonds is 6. The Morgan fingerprint density at radius 1 is 1.12 bits per heavy atom. The van der Waals surface area contributed by atoms with Crippen LogP contribution in [0.5, 0.6) is 0 Å². The molecule has 1 aliphatic rings. The van der Waals surface area contributed by atoms with Gasteiger partial charge in [-0.05, 0) is 43.2 Å². The van der Waals surface area contributed by atoms with Gasteiger partial charge in [-0.3, -0.25) is 19.1 Å². The van der Waals surface area contributed by atoms with E-state index in [1.807, 2.05) is 24.0 Å². The fourth-order valence-electron chi connectivity index (χ4n) is 4.51. The average molecular weight is 471 g/mol. The Bertz CT molecular complexity index is 1220. The molecule has 0 N–H and O–H groups in total. The van der Waals surface area contributed by atoms with Crippen LogP contribution in [0.4, 0.5) is 4.39 Å². The molecule has 0 spiro atoms. The smallest absolute Gasteiger partial charge is 0.266 e. The monoisotopic (exact) mass is 470 g/mol. The Morgan fingerprint density at radius 3 is 2.52 bits per heavy atom. The van der Waals surface area contributed by atoms with E-state index in [0.717, 1.165) is 12.8 Å². The first kappa shape index (κ1) is 23.4. The summed E-state index contributed by atoms with van der Waals surface area (Å²) in [6, 6.07) is 11.4. The molecule has 1 aromatic heterocycles. The fourth-order valence-corrected chi connectivity index (χ4v) is 4.68. The molecule has 2 heterocycles. The number of amides is 1. The lowest BCUT2D eigenvalue weighted by atomic mass is 10.1. The molecule has 0 saturated carbocycles. The number of carbonyl (C=O) groups is 1. The average Bonchev–Trinajstić information content (AvgIpc) is 2.82. The lowest BCUT2D eigenvalue weighted by molar-refractivity contribution is -0.133. The number of carbonyl (C=O) groups excluding carboxylic acids is 1. The number of hydrogen-bond donors (Lipinski definition) is 0. The van der Waals surface area contributed by atoms with Crippen LogP contribution in [-0.2, 0) is 4.79 Å². The van der Waals surface area contributed by atoms with Crippen LogP contribution in [0, 0.1) is 5.82 Å². The first-order chi connectivity index (χ1) is 15.9. The summed E-state index contributed by atoms with van der Waals surface area (Å²) in [4.78, 5) is 35.0. The number of halogens is 2. The molecule has 1 amide bonds. The van der Waals surface area contributed by atoms with E-state index in [0.29, 0.717) is 55.0 Å². The number of aromatic nitrogens is 2. The SMILES string of the molecule is CCCC(=O)N1CCN(C(CC)c2nc3ccccc3c(=O)n2-c2ccc(F)c(Cl)c2)CC1. The number of nitrogens with zero attached hydrogens (tertiary/aromatic N) is 4. The van der Waals surface area contributed by atoms with Gasteiger partial charge >= 0.3 is 0 Å². The minimum absolute atomic E-state index is 0.0467. The van der Waals surface area contributed by atoms with Gasteiger partial charge in [0.05, 0.1) is 27.7 Å². The molecule has 174 valence electrons. The van der Waals surface area contributed by atoms with Crippen molar-refractivity contribution in [2.45, 2.75) is 39.2 Å². The molecule has 3 aromatic rings. The van der Waals surface area contributed by atoms with Crippen molar-refractivity contribution in [2.75, 3.05) is 26.2 Å². The van der Waals surface area contributed by atoms with Crippen LogP contribution in [0.1, 0.15) is 45.0 Å². The third kappa shape index (κ3) is 4.66. The molecule has 1 saturated heterocycles. The Balaban J connectivity index is 1.77. The van der Waals surface area contributed by atoms with Crippen LogP contribution >= 0.6 is 11.6 Å². The second kappa shape index (κ2) is 10.0. The van der Waals surface area contributed by atoms with Gasteiger partial charge in [0.2, 0.25) is 5.91 Å². The minimum Gasteiger partial charge on any atom is -0.340 e. The summed E-state index contributed by atoms with van der Waals surface area (Å²) in [6.45, 7) is 6.75. The Morgan fingerprint density at radius 2 is 1.85 bits per heavy atom. The molecule has 0 bridgehead atoms. The Labute approximate surface area is 197 Å².